The summed E-state index contributed by atoms with van der Waals surface area (Å²) in [7, 11) is 0. The fraction of sp³-hybridized carbons (Fsp3) is 0.533. The molecule has 2 rings (SSSR count). The monoisotopic (exact) mass is 264 g/mol. The van der Waals surface area contributed by atoms with E-state index < -0.39 is 0 Å². The smallest absolute Gasteiger partial charge is 0.338 e. The second-order valence-electron chi connectivity index (χ2n) is 5.10. The van der Waals surface area contributed by atoms with Crippen LogP contribution in [0.4, 0.5) is 0 Å². The highest BCUT2D eigenvalue weighted by Gasteiger charge is 2.13. The van der Waals surface area contributed by atoms with Crippen molar-refractivity contribution in [3.8, 4) is 5.75 Å². The van der Waals surface area contributed by atoms with E-state index in [1.807, 2.05) is 0 Å². The summed E-state index contributed by atoms with van der Waals surface area (Å²) in [6, 6.07) is 6.14. The zero-order chi connectivity index (χ0) is 13.5. The molecule has 1 fully saturated rings. The van der Waals surface area contributed by atoms with Gasteiger partial charge in [0.2, 0.25) is 0 Å². The van der Waals surface area contributed by atoms with Gasteiger partial charge < -0.3 is 14.7 Å². The number of carbonyl (C=O) groups excluding carboxylic acids is 1. The summed E-state index contributed by atoms with van der Waals surface area (Å²) in [5.41, 5.74) is 0.489. The highest BCUT2D eigenvalue weighted by molar-refractivity contribution is 5.89. The van der Waals surface area contributed by atoms with Crippen molar-refractivity contribution in [2.45, 2.75) is 25.7 Å². The number of benzene rings is 1. The Balaban J connectivity index is 1.64. The Morgan fingerprint density at radius 3 is 2.53 bits per heavy atom. The predicted molar refractivity (Wildman–Crippen MR) is 72.4 cm³/mol. The minimum absolute atomic E-state index is 0.158. The Morgan fingerprint density at radius 2 is 1.84 bits per heavy atom. The molecule has 0 atom stereocenters. The molecule has 1 saturated heterocycles. The first-order chi connectivity index (χ1) is 9.25. The zero-order valence-corrected chi connectivity index (χ0v) is 11.2. The minimum Gasteiger partial charge on any atom is -0.508 e. The second kappa shape index (κ2) is 7.14. The van der Waals surface area contributed by atoms with Gasteiger partial charge in [-0.05, 0) is 43.5 Å². The number of ether oxygens (including phenoxy) is 1. The number of piperidine rings is 1. The van der Waals surface area contributed by atoms with E-state index in [1.54, 1.807) is 17.0 Å². The molecule has 0 bridgehead atoms. The third kappa shape index (κ3) is 4.56. The summed E-state index contributed by atoms with van der Waals surface area (Å²) in [4.78, 5) is 13.3. The highest BCUT2D eigenvalue weighted by atomic mass is 16.5. The Kier molecular flexibility index (Phi) is 5.21. The Morgan fingerprint density at radius 1 is 1.16 bits per heavy atom. The summed E-state index contributed by atoms with van der Waals surface area (Å²) in [6.45, 7) is 4.07. The normalized spacial score (nSPS) is 16.2. The van der Waals surface area contributed by atoms with Crippen LogP contribution < -0.4 is 4.90 Å². The number of hydrogen-bond donors (Lipinski definition) is 2. The van der Waals surface area contributed by atoms with Crippen LogP contribution in [0.15, 0.2) is 24.3 Å². The van der Waals surface area contributed by atoms with Crippen LogP contribution in [0.1, 0.15) is 36.0 Å². The van der Waals surface area contributed by atoms with Crippen LogP contribution in [0, 0.1) is 0 Å². The van der Waals surface area contributed by atoms with Gasteiger partial charge in [-0.1, -0.05) is 0 Å². The number of nitrogens with one attached hydrogen (secondary N) is 1. The van der Waals surface area contributed by atoms with E-state index >= 15 is 0 Å². The van der Waals surface area contributed by atoms with Gasteiger partial charge in [-0.25, -0.2) is 4.79 Å². The molecule has 0 aliphatic carbocycles. The molecule has 0 unspecified atom stereocenters. The molecule has 2 N–H and O–H groups in total. The van der Waals surface area contributed by atoms with Gasteiger partial charge in [0.25, 0.3) is 0 Å². The van der Waals surface area contributed by atoms with Gasteiger partial charge in [0.15, 0.2) is 0 Å². The molecule has 4 heteroatoms. The fourth-order valence-corrected chi connectivity index (χ4v) is 2.47. The lowest BCUT2D eigenvalue weighted by molar-refractivity contribution is -0.905. The molecule has 4 nitrogen and oxygen atoms in total. The van der Waals surface area contributed by atoms with Gasteiger partial charge in [0.1, 0.15) is 5.75 Å². The molecule has 0 aromatic heterocycles. The van der Waals surface area contributed by atoms with Crippen molar-refractivity contribution < 1.29 is 19.5 Å². The first-order valence-electron chi connectivity index (χ1n) is 7.05. The lowest BCUT2D eigenvalue weighted by Crippen LogP contribution is -3.12. The number of carbonyl (C=O) groups is 1. The molecule has 1 aliphatic rings. The van der Waals surface area contributed by atoms with Crippen molar-refractivity contribution in [1.29, 1.82) is 0 Å². The highest BCUT2D eigenvalue weighted by Crippen LogP contribution is 2.10. The van der Waals surface area contributed by atoms with Gasteiger partial charge in [-0.2, -0.15) is 0 Å². The van der Waals surface area contributed by atoms with E-state index in [4.69, 9.17) is 9.84 Å². The van der Waals surface area contributed by atoms with Gasteiger partial charge >= 0.3 is 5.97 Å². The molecular formula is C15H22NO3+. The van der Waals surface area contributed by atoms with E-state index in [0.717, 1.165) is 13.0 Å². The van der Waals surface area contributed by atoms with E-state index in [2.05, 4.69) is 0 Å². The van der Waals surface area contributed by atoms with Crippen LogP contribution >= 0.6 is 0 Å². The summed E-state index contributed by atoms with van der Waals surface area (Å²) in [6.07, 6.45) is 4.92. The van der Waals surface area contributed by atoms with Crippen LogP contribution in [-0.4, -0.2) is 37.3 Å². The molecule has 1 aromatic rings. The number of likely N-dealkylation sites (tertiary alicyclic amines) is 1. The van der Waals surface area contributed by atoms with Crippen molar-refractivity contribution >= 4 is 5.97 Å². The topological polar surface area (TPSA) is 51.0 Å². The SMILES string of the molecule is O=C(OCCC[NH+]1CCCCC1)c1ccc(O)cc1. The Hall–Kier alpha value is -1.55. The van der Waals surface area contributed by atoms with Crippen molar-refractivity contribution in [3.05, 3.63) is 29.8 Å². The predicted octanol–water partition coefficient (Wildman–Crippen LogP) is 1.01. The first kappa shape index (κ1) is 13.9. The number of quaternary nitrogens is 1. The first-order valence-corrected chi connectivity index (χ1v) is 7.05. The van der Waals surface area contributed by atoms with Gasteiger partial charge in [0, 0.05) is 6.42 Å². The summed E-state index contributed by atoms with van der Waals surface area (Å²) in [5.74, 6) is -0.154. The number of phenolic OH excluding ortho intramolecular Hbond substituents is 1. The van der Waals surface area contributed by atoms with Crippen molar-refractivity contribution in [1.82, 2.24) is 0 Å². The molecule has 104 valence electrons. The molecule has 1 aromatic carbocycles. The quantitative estimate of drug-likeness (QED) is 0.616. The summed E-state index contributed by atoms with van der Waals surface area (Å²) in [5, 5.41) is 9.14. The molecule has 1 aliphatic heterocycles. The Labute approximate surface area is 114 Å². The van der Waals surface area contributed by atoms with Crippen molar-refractivity contribution in [3.63, 3.8) is 0 Å². The van der Waals surface area contributed by atoms with E-state index in [-0.39, 0.29) is 11.7 Å². The van der Waals surface area contributed by atoms with Gasteiger partial charge in [-0.15, -0.1) is 0 Å². The number of hydrogen-bond acceptors (Lipinski definition) is 3. The van der Waals surface area contributed by atoms with Crippen LogP contribution in [-0.2, 0) is 4.74 Å². The molecule has 0 spiro atoms. The summed E-state index contributed by atoms with van der Waals surface area (Å²) >= 11 is 0. The lowest BCUT2D eigenvalue weighted by Gasteiger charge is -2.23. The number of rotatable bonds is 5. The molecule has 0 amide bonds. The molecule has 19 heavy (non-hydrogen) atoms. The summed E-state index contributed by atoms with van der Waals surface area (Å²) < 4.78 is 5.23. The van der Waals surface area contributed by atoms with Crippen molar-refractivity contribution in [2.75, 3.05) is 26.2 Å². The standard InChI is InChI=1S/C15H21NO3/c17-14-7-5-13(6-8-14)15(18)19-12-4-11-16-9-2-1-3-10-16/h5-8,17H,1-4,9-12H2/p+1. The number of phenols is 1. The zero-order valence-electron chi connectivity index (χ0n) is 11.2. The molecular weight excluding hydrogens is 242 g/mol. The molecule has 0 saturated carbocycles. The van der Waals surface area contributed by atoms with Crippen molar-refractivity contribution in [2.24, 2.45) is 0 Å². The third-order valence-electron chi connectivity index (χ3n) is 3.57. The number of aromatic hydroxyl groups is 1. The molecule has 1 heterocycles. The van der Waals surface area contributed by atoms with E-state index in [0.29, 0.717) is 12.2 Å². The maximum absolute atomic E-state index is 11.7. The van der Waals surface area contributed by atoms with Gasteiger partial charge in [0.05, 0.1) is 31.8 Å². The second-order valence-corrected chi connectivity index (χ2v) is 5.10. The van der Waals surface area contributed by atoms with Gasteiger partial charge in [-0.3, -0.25) is 0 Å². The largest absolute Gasteiger partial charge is 0.508 e. The van der Waals surface area contributed by atoms with Crippen LogP contribution in [0.3, 0.4) is 0 Å². The van der Waals surface area contributed by atoms with Crippen LogP contribution in [0.2, 0.25) is 0 Å². The molecule has 0 radical (unpaired) electrons. The Bertz CT molecular complexity index is 396. The maximum atomic E-state index is 11.7. The lowest BCUT2D eigenvalue weighted by atomic mass is 10.1. The van der Waals surface area contributed by atoms with E-state index in [1.165, 1.54) is 44.5 Å². The van der Waals surface area contributed by atoms with Crippen LogP contribution in [0.5, 0.6) is 5.75 Å². The average Bonchev–Trinajstić information content (AvgIpc) is 2.45. The maximum Gasteiger partial charge on any atom is 0.338 e. The number of esters is 1. The average molecular weight is 264 g/mol. The van der Waals surface area contributed by atoms with Crippen LogP contribution in [0.25, 0.3) is 0 Å². The third-order valence-corrected chi connectivity index (χ3v) is 3.57. The van der Waals surface area contributed by atoms with E-state index in [9.17, 15) is 4.79 Å². The minimum atomic E-state index is -0.311. The fourth-order valence-electron chi connectivity index (χ4n) is 2.47.